The minimum absolute atomic E-state index is 0.676. The van der Waals surface area contributed by atoms with Gasteiger partial charge >= 0.3 is 0 Å². The Kier molecular flexibility index (Phi) is 12.8. The molecule has 0 radical (unpaired) electrons. The van der Waals surface area contributed by atoms with Crippen LogP contribution in [0, 0.1) is 0 Å². The molecule has 0 aliphatic heterocycles. The third-order valence-corrected chi connectivity index (χ3v) is 10.5. The summed E-state index contributed by atoms with van der Waals surface area (Å²) in [5.41, 5.74) is 6.67. The maximum absolute atomic E-state index is 10.5. The minimum atomic E-state index is -0.807. The lowest BCUT2D eigenvalue weighted by atomic mass is 9.93. The Balaban J connectivity index is 0.000000190. The predicted molar refractivity (Wildman–Crippen MR) is 221 cm³/mol. The number of anilines is 6. The average Bonchev–Trinajstić information content (AvgIpc) is 3.10. The van der Waals surface area contributed by atoms with Crippen molar-refractivity contribution in [1.82, 2.24) is 0 Å². The summed E-state index contributed by atoms with van der Waals surface area (Å²) in [4.78, 5) is 4.43. The molecule has 8 heteroatoms. The molecule has 0 saturated carbocycles. The zero-order chi connectivity index (χ0) is 34.3. The van der Waals surface area contributed by atoms with Gasteiger partial charge in [0.2, 0.25) is 0 Å². The summed E-state index contributed by atoms with van der Waals surface area (Å²) in [6.45, 7) is 3.84. The second-order valence-electron chi connectivity index (χ2n) is 11.2. The molecule has 6 rings (SSSR count). The molecule has 6 aromatic carbocycles. The molecular formula is C40H33Br5N2O. The molecule has 1 atom stereocenters. The van der Waals surface area contributed by atoms with Crippen molar-refractivity contribution >= 4 is 114 Å². The Morgan fingerprint density at radius 2 is 0.583 bits per heavy atom. The van der Waals surface area contributed by atoms with Crippen molar-refractivity contribution in [2.45, 2.75) is 25.9 Å². The fraction of sp³-hybridized carbons (Fsp3) is 0.100. The lowest BCUT2D eigenvalue weighted by Gasteiger charge is -2.27. The van der Waals surface area contributed by atoms with Crippen LogP contribution in [0.25, 0.3) is 0 Å². The monoisotopic (exact) mass is 952 g/mol. The summed E-state index contributed by atoms with van der Waals surface area (Å²) >= 11 is 17.5. The van der Waals surface area contributed by atoms with E-state index in [0.29, 0.717) is 6.42 Å². The highest BCUT2D eigenvalue weighted by Crippen LogP contribution is 2.38. The number of benzene rings is 6. The molecule has 0 bridgehead atoms. The van der Waals surface area contributed by atoms with Gasteiger partial charge in [0.25, 0.3) is 0 Å². The first kappa shape index (κ1) is 36.6. The molecule has 6 aromatic rings. The summed E-state index contributed by atoms with van der Waals surface area (Å²) in [6, 6.07) is 49.6. The first-order valence-corrected chi connectivity index (χ1v) is 19.2. The van der Waals surface area contributed by atoms with Crippen LogP contribution in [0.3, 0.4) is 0 Å². The summed E-state index contributed by atoms with van der Waals surface area (Å²) in [5, 5.41) is 10.5. The van der Waals surface area contributed by atoms with Crippen molar-refractivity contribution in [3.8, 4) is 0 Å². The van der Waals surface area contributed by atoms with Gasteiger partial charge in [0.05, 0.1) is 5.60 Å². The van der Waals surface area contributed by atoms with Gasteiger partial charge in [0, 0.05) is 56.5 Å². The first-order valence-electron chi connectivity index (χ1n) is 15.2. The van der Waals surface area contributed by atoms with Crippen molar-refractivity contribution < 1.29 is 5.11 Å². The summed E-state index contributed by atoms with van der Waals surface area (Å²) in [5.74, 6) is 0. The van der Waals surface area contributed by atoms with E-state index in [1.54, 1.807) is 0 Å². The molecule has 0 aliphatic rings. The largest absolute Gasteiger partial charge is 0.385 e. The normalized spacial score (nSPS) is 12.0. The number of hydrogen-bond donors (Lipinski definition) is 1. The second kappa shape index (κ2) is 16.8. The standard InChI is InChI=1S/C22H21Br2NO.C18H12Br3N/c1-3-22(2,26)16-4-10-19(11-5-16)25(20-12-6-17(23)7-13-20)21-14-8-18(24)9-15-21;19-13-1-7-16(8-2-13)22(17-9-3-14(20)4-10-17)18-11-5-15(21)6-12-18/h4-15,26H,3H2,1-2H3;1-12H. The number of aliphatic hydroxyl groups is 1. The Morgan fingerprint density at radius 3 is 0.771 bits per heavy atom. The third-order valence-electron chi connectivity index (χ3n) is 7.86. The first-order chi connectivity index (χ1) is 23.0. The molecule has 1 unspecified atom stereocenters. The molecule has 0 spiro atoms. The van der Waals surface area contributed by atoms with Crippen molar-refractivity contribution in [2.75, 3.05) is 9.80 Å². The van der Waals surface area contributed by atoms with Gasteiger partial charge in [-0.3, -0.25) is 0 Å². The van der Waals surface area contributed by atoms with Crippen LogP contribution < -0.4 is 9.80 Å². The Morgan fingerprint density at radius 1 is 0.396 bits per heavy atom. The highest BCUT2D eigenvalue weighted by Gasteiger charge is 2.21. The SMILES string of the molecule is Brc1ccc(N(c2ccc(Br)cc2)c2ccc(Br)cc2)cc1.CCC(C)(O)c1ccc(N(c2ccc(Br)cc2)c2ccc(Br)cc2)cc1. The smallest absolute Gasteiger partial charge is 0.0865 e. The summed E-state index contributed by atoms with van der Waals surface area (Å²) in [6.07, 6.45) is 0.676. The molecule has 0 fully saturated rings. The van der Waals surface area contributed by atoms with Gasteiger partial charge in [-0.2, -0.15) is 0 Å². The van der Waals surface area contributed by atoms with E-state index in [-0.39, 0.29) is 0 Å². The number of hydrogen-bond acceptors (Lipinski definition) is 3. The van der Waals surface area contributed by atoms with Crippen molar-refractivity contribution in [2.24, 2.45) is 0 Å². The minimum Gasteiger partial charge on any atom is -0.385 e. The third kappa shape index (κ3) is 9.49. The van der Waals surface area contributed by atoms with Crippen LogP contribution in [0.15, 0.2) is 168 Å². The van der Waals surface area contributed by atoms with E-state index in [0.717, 1.165) is 62.1 Å². The zero-order valence-corrected chi connectivity index (χ0v) is 34.2. The lowest BCUT2D eigenvalue weighted by Crippen LogP contribution is -2.19. The summed E-state index contributed by atoms with van der Waals surface area (Å²) < 4.78 is 5.31. The van der Waals surface area contributed by atoms with Crippen molar-refractivity contribution in [3.05, 3.63) is 174 Å². The van der Waals surface area contributed by atoms with Gasteiger partial charge in [0.15, 0.2) is 0 Å². The van der Waals surface area contributed by atoms with Gasteiger partial charge in [-0.05, 0) is 152 Å². The molecule has 48 heavy (non-hydrogen) atoms. The van der Waals surface area contributed by atoms with Gasteiger partial charge in [0.1, 0.15) is 0 Å². The Hall–Kier alpha value is -2.72. The Labute approximate surface area is 325 Å². The van der Waals surface area contributed by atoms with Gasteiger partial charge in [-0.25, -0.2) is 0 Å². The zero-order valence-electron chi connectivity index (χ0n) is 26.3. The second-order valence-corrected chi connectivity index (χ2v) is 15.8. The van der Waals surface area contributed by atoms with Crippen LogP contribution in [-0.4, -0.2) is 5.11 Å². The molecular weight excluding hydrogens is 924 g/mol. The molecule has 0 amide bonds. The molecule has 0 saturated heterocycles. The molecule has 0 aromatic heterocycles. The van der Waals surface area contributed by atoms with Crippen LogP contribution in [0.4, 0.5) is 34.1 Å². The molecule has 3 nitrogen and oxygen atoms in total. The van der Waals surface area contributed by atoms with E-state index in [1.807, 2.05) is 50.2 Å². The van der Waals surface area contributed by atoms with E-state index in [2.05, 4.69) is 199 Å². The van der Waals surface area contributed by atoms with Crippen molar-refractivity contribution in [1.29, 1.82) is 0 Å². The van der Waals surface area contributed by atoms with E-state index in [1.165, 1.54) is 0 Å². The number of nitrogens with zero attached hydrogens (tertiary/aromatic N) is 2. The topological polar surface area (TPSA) is 26.7 Å². The molecule has 244 valence electrons. The fourth-order valence-corrected chi connectivity index (χ4v) is 6.34. The quantitative estimate of drug-likeness (QED) is 0.165. The average molecular weight is 957 g/mol. The fourth-order valence-electron chi connectivity index (χ4n) is 5.02. The van der Waals surface area contributed by atoms with E-state index >= 15 is 0 Å². The van der Waals surface area contributed by atoms with Gasteiger partial charge in [-0.1, -0.05) is 98.7 Å². The van der Waals surface area contributed by atoms with Gasteiger partial charge in [-0.15, -0.1) is 0 Å². The summed E-state index contributed by atoms with van der Waals surface area (Å²) in [7, 11) is 0. The molecule has 1 N–H and O–H groups in total. The maximum Gasteiger partial charge on any atom is 0.0865 e. The van der Waals surface area contributed by atoms with Crippen LogP contribution in [0.2, 0.25) is 0 Å². The number of rotatable bonds is 8. The van der Waals surface area contributed by atoms with Crippen LogP contribution in [-0.2, 0) is 5.60 Å². The molecule has 0 heterocycles. The maximum atomic E-state index is 10.5. The van der Waals surface area contributed by atoms with E-state index in [9.17, 15) is 5.11 Å². The van der Waals surface area contributed by atoms with E-state index < -0.39 is 5.60 Å². The molecule has 0 aliphatic carbocycles. The van der Waals surface area contributed by atoms with Crippen LogP contribution in [0.5, 0.6) is 0 Å². The van der Waals surface area contributed by atoms with Gasteiger partial charge < -0.3 is 14.9 Å². The Bertz CT molecular complexity index is 1740. The highest BCUT2D eigenvalue weighted by molar-refractivity contribution is 9.11. The predicted octanol–water partition coefficient (Wildman–Crippen LogP) is 14.7. The van der Waals surface area contributed by atoms with Crippen molar-refractivity contribution in [3.63, 3.8) is 0 Å². The van der Waals surface area contributed by atoms with Crippen LogP contribution >= 0.6 is 79.6 Å². The van der Waals surface area contributed by atoms with Crippen LogP contribution in [0.1, 0.15) is 25.8 Å². The highest BCUT2D eigenvalue weighted by atomic mass is 79.9. The lowest BCUT2D eigenvalue weighted by molar-refractivity contribution is 0.0531. The number of halogens is 5. The van der Waals surface area contributed by atoms with E-state index in [4.69, 9.17) is 0 Å².